The Bertz CT molecular complexity index is 368. The second kappa shape index (κ2) is 3.37. The first-order valence-electron chi connectivity index (χ1n) is 3.14. The summed E-state index contributed by atoms with van der Waals surface area (Å²) in [6.07, 6.45) is 0.625. The zero-order valence-corrected chi connectivity index (χ0v) is 7.63. The fraction of sp³-hybridized carbons (Fsp3) is 0. The van der Waals surface area contributed by atoms with Gasteiger partial charge in [0.1, 0.15) is 6.07 Å². The molecule has 0 saturated heterocycles. The van der Waals surface area contributed by atoms with E-state index in [1.165, 1.54) is 0 Å². The lowest BCUT2D eigenvalue weighted by Crippen LogP contribution is -1.97. The molecule has 0 spiro atoms. The molecule has 0 atom stereocenters. The van der Waals surface area contributed by atoms with Crippen molar-refractivity contribution in [3.8, 4) is 6.07 Å². The van der Waals surface area contributed by atoms with E-state index in [1.807, 2.05) is 6.07 Å². The van der Waals surface area contributed by atoms with E-state index < -0.39 is 0 Å². The van der Waals surface area contributed by atoms with Gasteiger partial charge in [-0.1, -0.05) is 0 Å². The highest BCUT2D eigenvalue weighted by molar-refractivity contribution is 9.10. The summed E-state index contributed by atoms with van der Waals surface area (Å²) in [5.74, 6) is 0. The Hall–Kier alpha value is -1.34. The summed E-state index contributed by atoms with van der Waals surface area (Å²) in [4.78, 5) is 10.5. The number of hydrogen-bond donors (Lipinski definition) is 1. The minimum atomic E-state index is 0.224. The molecule has 0 aliphatic carbocycles. The lowest BCUT2D eigenvalue weighted by atomic mass is 10.1. The van der Waals surface area contributed by atoms with Crippen LogP contribution in [0.5, 0.6) is 0 Å². The summed E-state index contributed by atoms with van der Waals surface area (Å²) in [5.41, 5.74) is 6.39. The first-order chi connectivity index (χ1) is 5.70. The number of nitriles is 1. The van der Waals surface area contributed by atoms with E-state index in [1.54, 1.807) is 12.1 Å². The molecule has 60 valence electrons. The van der Waals surface area contributed by atoms with Crippen LogP contribution in [0.25, 0.3) is 0 Å². The molecule has 4 heteroatoms. The summed E-state index contributed by atoms with van der Waals surface area (Å²) in [6, 6.07) is 5.08. The van der Waals surface area contributed by atoms with Gasteiger partial charge in [0, 0.05) is 4.47 Å². The van der Waals surface area contributed by atoms with E-state index in [-0.39, 0.29) is 5.69 Å². The van der Waals surface area contributed by atoms with Crippen molar-refractivity contribution in [3.63, 3.8) is 0 Å². The molecule has 1 rings (SSSR count). The van der Waals surface area contributed by atoms with Gasteiger partial charge in [0.15, 0.2) is 6.29 Å². The molecule has 0 amide bonds. The monoisotopic (exact) mass is 224 g/mol. The van der Waals surface area contributed by atoms with Crippen molar-refractivity contribution in [2.75, 3.05) is 5.73 Å². The third-order valence-corrected chi connectivity index (χ3v) is 2.16. The van der Waals surface area contributed by atoms with Crippen LogP contribution in [-0.2, 0) is 0 Å². The third kappa shape index (κ3) is 1.31. The zero-order valence-electron chi connectivity index (χ0n) is 6.04. The van der Waals surface area contributed by atoms with Gasteiger partial charge in [0.2, 0.25) is 0 Å². The molecule has 0 radical (unpaired) electrons. The molecule has 0 bridgehead atoms. The molecule has 2 N–H and O–H groups in total. The number of aldehydes is 1. The first-order valence-corrected chi connectivity index (χ1v) is 3.93. The van der Waals surface area contributed by atoms with Gasteiger partial charge in [0.25, 0.3) is 0 Å². The summed E-state index contributed by atoms with van der Waals surface area (Å²) in [6.45, 7) is 0. The highest BCUT2D eigenvalue weighted by Crippen LogP contribution is 2.23. The molecule has 0 aliphatic heterocycles. The number of hydrogen-bond acceptors (Lipinski definition) is 3. The Balaban J connectivity index is 3.46. The van der Waals surface area contributed by atoms with Crippen LogP contribution in [0.3, 0.4) is 0 Å². The molecule has 0 unspecified atom stereocenters. The second-order valence-corrected chi connectivity index (χ2v) is 3.01. The van der Waals surface area contributed by atoms with Crippen LogP contribution in [0.4, 0.5) is 5.69 Å². The highest BCUT2D eigenvalue weighted by atomic mass is 79.9. The van der Waals surface area contributed by atoms with Gasteiger partial charge in [0.05, 0.1) is 16.8 Å². The SMILES string of the molecule is N#Cc1ccc(Br)c(C=O)c1N. The number of carbonyl (C=O) groups is 1. The molecule has 0 aromatic heterocycles. The highest BCUT2D eigenvalue weighted by Gasteiger charge is 2.07. The van der Waals surface area contributed by atoms with Crippen LogP contribution < -0.4 is 5.73 Å². The van der Waals surface area contributed by atoms with E-state index in [0.717, 1.165) is 0 Å². The van der Waals surface area contributed by atoms with Crippen molar-refractivity contribution in [1.29, 1.82) is 5.26 Å². The minimum Gasteiger partial charge on any atom is -0.397 e. The van der Waals surface area contributed by atoms with Crippen LogP contribution in [0.1, 0.15) is 15.9 Å². The number of halogens is 1. The quantitative estimate of drug-likeness (QED) is 0.584. The maximum atomic E-state index is 10.5. The number of nitrogens with zero attached hydrogens (tertiary/aromatic N) is 1. The molecule has 3 nitrogen and oxygen atoms in total. The van der Waals surface area contributed by atoms with Gasteiger partial charge in [-0.25, -0.2) is 0 Å². The van der Waals surface area contributed by atoms with Crippen molar-refractivity contribution in [2.45, 2.75) is 0 Å². The topological polar surface area (TPSA) is 66.9 Å². The van der Waals surface area contributed by atoms with Crippen molar-refractivity contribution in [3.05, 3.63) is 27.7 Å². The molecule has 0 saturated carbocycles. The predicted molar refractivity (Wildman–Crippen MR) is 48.7 cm³/mol. The summed E-state index contributed by atoms with van der Waals surface area (Å²) >= 11 is 3.15. The van der Waals surface area contributed by atoms with Crippen LogP contribution in [0.15, 0.2) is 16.6 Å². The van der Waals surface area contributed by atoms with E-state index in [0.29, 0.717) is 21.9 Å². The molecule has 1 aromatic rings. The van der Waals surface area contributed by atoms with Crippen molar-refractivity contribution >= 4 is 27.9 Å². The van der Waals surface area contributed by atoms with E-state index in [4.69, 9.17) is 11.0 Å². The Morgan fingerprint density at radius 1 is 1.58 bits per heavy atom. The van der Waals surface area contributed by atoms with Crippen LogP contribution >= 0.6 is 15.9 Å². The number of carbonyl (C=O) groups excluding carboxylic acids is 1. The zero-order chi connectivity index (χ0) is 9.14. The van der Waals surface area contributed by atoms with E-state index in [2.05, 4.69) is 15.9 Å². The van der Waals surface area contributed by atoms with Crippen molar-refractivity contribution in [1.82, 2.24) is 0 Å². The van der Waals surface area contributed by atoms with Gasteiger partial charge in [-0.2, -0.15) is 5.26 Å². The maximum absolute atomic E-state index is 10.5. The Morgan fingerprint density at radius 3 is 2.75 bits per heavy atom. The van der Waals surface area contributed by atoms with Crippen LogP contribution in [-0.4, -0.2) is 6.29 Å². The smallest absolute Gasteiger partial charge is 0.153 e. The minimum absolute atomic E-state index is 0.224. The van der Waals surface area contributed by atoms with E-state index >= 15 is 0 Å². The predicted octanol–water partition coefficient (Wildman–Crippen LogP) is 1.72. The molecular formula is C8H5BrN2O. The molecule has 0 fully saturated rings. The number of nitrogens with two attached hydrogens (primary N) is 1. The van der Waals surface area contributed by atoms with Crippen LogP contribution in [0, 0.1) is 11.3 Å². The third-order valence-electron chi connectivity index (χ3n) is 1.47. The normalized spacial score (nSPS) is 9.00. The number of rotatable bonds is 1. The first kappa shape index (κ1) is 8.75. The number of nitrogen functional groups attached to an aromatic ring is 1. The van der Waals surface area contributed by atoms with Crippen molar-refractivity contribution < 1.29 is 4.79 Å². The molecule has 0 heterocycles. The molecular weight excluding hydrogens is 220 g/mol. The average Bonchev–Trinajstić information content (AvgIpc) is 2.06. The fourth-order valence-corrected chi connectivity index (χ4v) is 1.27. The van der Waals surface area contributed by atoms with Gasteiger partial charge in [-0.05, 0) is 28.1 Å². The maximum Gasteiger partial charge on any atom is 0.153 e. The summed E-state index contributed by atoms with van der Waals surface area (Å²) in [7, 11) is 0. The molecule has 1 aromatic carbocycles. The van der Waals surface area contributed by atoms with Crippen molar-refractivity contribution in [2.24, 2.45) is 0 Å². The van der Waals surface area contributed by atoms with Gasteiger partial charge < -0.3 is 5.73 Å². The van der Waals surface area contributed by atoms with Crippen LogP contribution in [0.2, 0.25) is 0 Å². The molecule has 0 aliphatic rings. The standard InChI is InChI=1S/C8H5BrN2O/c9-7-2-1-5(3-10)8(11)6(7)4-12/h1-2,4H,11H2. The largest absolute Gasteiger partial charge is 0.397 e. The second-order valence-electron chi connectivity index (χ2n) is 2.15. The Morgan fingerprint density at radius 2 is 2.25 bits per heavy atom. The lowest BCUT2D eigenvalue weighted by Gasteiger charge is -2.01. The summed E-state index contributed by atoms with van der Waals surface area (Å²) in [5, 5.41) is 8.57. The van der Waals surface area contributed by atoms with E-state index in [9.17, 15) is 4.79 Å². The average molecular weight is 225 g/mol. The number of benzene rings is 1. The number of anilines is 1. The fourth-order valence-electron chi connectivity index (χ4n) is 0.827. The van der Waals surface area contributed by atoms with Gasteiger partial charge in [-0.3, -0.25) is 4.79 Å². The van der Waals surface area contributed by atoms with Gasteiger partial charge in [-0.15, -0.1) is 0 Å². The lowest BCUT2D eigenvalue weighted by molar-refractivity contribution is 0.112. The summed E-state index contributed by atoms with van der Waals surface area (Å²) < 4.78 is 0.606. The Labute approximate surface area is 77.9 Å². The molecule has 12 heavy (non-hydrogen) atoms. The Kier molecular flexibility index (Phi) is 2.46. The van der Waals surface area contributed by atoms with Gasteiger partial charge >= 0.3 is 0 Å².